The van der Waals surface area contributed by atoms with Gasteiger partial charge in [-0.05, 0) is 31.2 Å². The number of nitrogens with zero attached hydrogens (tertiary/aromatic N) is 1. The van der Waals surface area contributed by atoms with Crippen molar-refractivity contribution in [2.45, 2.75) is 18.6 Å². The highest BCUT2D eigenvalue weighted by molar-refractivity contribution is 5.42. The molecular formula is C11H14N2O3. The number of nitrogens with two attached hydrogens (primary N) is 1. The Labute approximate surface area is 93.4 Å². The average molecular weight is 222 g/mol. The highest BCUT2D eigenvalue weighted by Gasteiger charge is 2.20. The van der Waals surface area contributed by atoms with Crippen molar-refractivity contribution in [3.63, 3.8) is 0 Å². The van der Waals surface area contributed by atoms with Crippen LogP contribution in [0.4, 0.5) is 0 Å². The molecule has 16 heavy (non-hydrogen) atoms. The fourth-order valence-corrected chi connectivity index (χ4v) is 1.40. The molecule has 0 aliphatic heterocycles. The van der Waals surface area contributed by atoms with E-state index in [2.05, 4.69) is 0 Å². The smallest absolute Gasteiger partial charge is 0.121 e. The second-order valence-electron chi connectivity index (χ2n) is 3.47. The minimum Gasteiger partial charge on any atom is -0.508 e. The summed E-state index contributed by atoms with van der Waals surface area (Å²) in [6, 6.07) is 5.98. The number of hydrogen-bond donors (Lipinski definition) is 4. The molecule has 0 aromatic heterocycles. The Balaban J connectivity index is 2.98. The number of rotatable bonds is 4. The van der Waals surface area contributed by atoms with Gasteiger partial charge in [-0.1, -0.05) is 0 Å². The van der Waals surface area contributed by atoms with Gasteiger partial charge >= 0.3 is 0 Å². The van der Waals surface area contributed by atoms with Crippen LogP contribution >= 0.6 is 0 Å². The molecule has 0 heterocycles. The van der Waals surface area contributed by atoms with E-state index >= 15 is 0 Å². The maximum absolute atomic E-state index is 9.75. The third kappa shape index (κ3) is 2.70. The zero-order valence-electron chi connectivity index (χ0n) is 8.67. The molecule has 0 spiro atoms. The van der Waals surface area contributed by atoms with E-state index in [4.69, 9.17) is 11.0 Å². The van der Waals surface area contributed by atoms with Crippen LogP contribution in [0.1, 0.15) is 23.7 Å². The van der Waals surface area contributed by atoms with Crippen LogP contribution in [0.3, 0.4) is 0 Å². The van der Waals surface area contributed by atoms with E-state index in [0.29, 0.717) is 5.56 Å². The summed E-state index contributed by atoms with van der Waals surface area (Å²) in [5.74, 6) is -0.150. The van der Waals surface area contributed by atoms with Crippen LogP contribution in [-0.2, 0) is 0 Å². The molecule has 1 aromatic rings. The summed E-state index contributed by atoms with van der Waals surface area (Å²) in [6.07, 6.45) is -2.07. The quantitative estimate of drug-likeness (QED) is 0.573. The lowest BCUT2D eigenvalue weighted by atomic mass is 9.99. The maximum atomic E-state index is 9.75. The molecule has 2 unspecified atom stereocenters. The number of phenols is 1. The van der Waals surface area contributed by atoms with E-state index in [0.717, 1.165) is 0 Å². The van der Waals surface area contributed by atoms with Gasteiger partial charge in [0.25, 0.3) is 0 Å². The van der Waals surface area contributed by atoms with Gasteiger partial charge in [-0.15, -0.1) is 0 Å². The Morgan fingerprint density at radius 3 is 2.62 bits per heavy atom. The van der Waals surface area contributed by atoms with Crippen LogP contribution in [0.25, 0.3) is 0 Å². The van der Waals surface area contributed by atoms with Crippen molar-refractivity contribution < 1.29 is 15.3 Å². The van der Waals surface area contributed by atoms with Crippen LogP contribution in [0.2, 0.25) is 0 Å². The van der Waals surface area contributed by atoms with Crippen molar-refractivity contribution in [1.29, 1.82) is 5.26 Å². The normalized spacial score (nSPS) is 14.1. The summed E-state index contributed by atoms with van der Waals surface area (Å²) in [4.78, 5) is 0. The molecular weight excluding hydrogens is 208 g/mol. The van der Waals surface area contributed by atoms with E-state index in [1.54, 1.807) is 0 Å². The number of aliphatic hydroxyl groups is 2. The zero-order chi connectivity index (χ0) is 12.1. The van der Waals surface area contributed by atoms with E-state index < -0.39 is 12.2 Å². The fraction of sp³-hybridized carbons (Fsp3) is 0.364. The highest BCUT2D eigenvalue weighted by atomic mass is 16.3. The first kappa shape index (κ1) is 12.5. The van der Waals surface area contributed by atoms with Crippen LogP contribution < -0.4 is 5.73 Å². The Kier molecular flexibility index (Phi) is 4.26. The fourth-order valence-electron chi connectivity index (χ4n) is 1.40. The molecule has 0 amide bonds. The third-order valence-corrected chi connectivity index (χ3v) is 2.30. The molecule has 5 nitrogen and oxygen atoms in total. The van der Waals surface area contributed by atoms with Crippen molar-refractivity contribution in [3.8, 4) is 11.8 Å². The maximum Gasteiger partial charge on any atom is 0.121 e. The van der Waals surface area contributed by atoms with E-state index in [1.807, 2.05) is 6.07 Å². The Morgan fingerprint density at radius 2 is 2.06 bits per heavy atom. The van der Waals surface area contributed by atoms with Crippen molar-refractivity contribution >= 4 is 0 Å². The number of nitriles is 1. The Bertz CT molecular complexity index is 401. The number of hydrogen-bond acceptors (Lipinski definition) is 5. The molecule has 0 fully saturated rings. The Morgan fingerprint density at radius 1 is 1.38 bits per heavy atom. The van der Waals surface area contributed by atoms with Gasteiger partial charge in [-0.3, -0.25) is 0 Å². The molecule has 5 N–H and O–H groups in total. The van der Waals surface area contributed by atoms with E-state index in [9.17, 15) is 15.3 Å². The number of benzene rings is 1. The van der Waals surface area contributed by atoms with Crippen LogP contribution in [0.5, 0.6) is 5.75 Å². The second kappa shape index (κ2) is 5.47. The minimum absolute atomic E-state index is 0.139. The zero-order valence-corrected chi connectivity index (χ0v) is 8.67. The second-order valence-corrected chi connectivity index (χ2v) is 3.47. The van der Waals surface area contributed by atoms with Crippen molar-refractivity contribution in [2.24, 2.45) is 5.73 Å². The topological polar surface area (TPSA) is 110 Å². The lowest BCUT2D eigenvalue weighted by molar-refractivity contribution is 0.0137. The largest absolute Gasteiger partial charge is 0.508 e. The van der Waals surface area contributed by atoms with Gasteiger partial charge in [-0.25, -0.2) is 0 Å². The van der Waals surface area contributed by atoms with Crippen LogP contribution in [0, 0.1) is 11.3 Å². The van der Waals surface area contributed by atoms with E-state index in [1.165, 1.54) is 18.2 Å². The molecule has 0 radical (unpaired) electrons. The van der Waals surface area contributed by atoms with Crippen molar-refractivity contribution in [2.75, 3.05) is 6.54 Å². The SMILES string of the molecule is N#Cc1ccc(O)c(C(O)C(O)CCN)c1. The molecule has 1 aromatic carbocycles. The monoisotopic (exact) mass is 222 g/mol. The summed E-state index contributed by atoms with van der Waals surface area (Å²) in [5.41, 5.74) is 5.70. The molecule has 5 heteroatoms. The molecule has 0 bridgehead atoms. The third-order valence-electron chi connectivity index (χ3n) is 2.30. The van der Waals surface area contributed by atoms with Crippen LogP contribution in [0.15, 0.2) is 18.2 Å². The highest BCUT2D eigenvalue weighted by Crippen LogP contribution is 2.28. The number of phenolic OH excluding ortho intramolecular Hbond substituents is 1. The first-order chi connectivity index (χ1) is 7.60. The molecule has 0 saturated carbocycles. The first-order valence-corrected chi connectivity index (χ1v) is 4.89. The predicted molar refractivity (Wildman–Crippen MR) is 57.5 cm³/mol. The predicted octanol–water partition coefficient (Wildman–Crippen LogP) is 0.00698. The van der Waals surface area contributed by atoms with Gasteiger partial charge in [0.15, 0.2) is 0 Å². The number of aromatic hydroxyl groups is 1. The standard InChI is InChI=1S/C11H14N2O3/c12-4-3-10(15)11(16)8-5-7(6-13)1-2-9(8)14/h1-2,5,10-11,14-16H,3-4,12H2. The van der Waals surface area contributed by atoms with Gasteiger partial charge in [-0.2, -0.15) is 5.26 Å². The summed E-state index contributed by atoms with van der Waals surface area (Å²) in [5, 5.41) is 37.5. The summed E-state index contributed by atoms with van der Waals surface area (Å²) >= 11 is 0. The summed E-state index contributed by atoms with van der Waals surface area (Å²) in [6.45, 7) is 0.233. The lowest BCUT2D eigenvalue weighted by Gasteiger charge is -2.18. The molecule has 1 rings (SSSR count). The molecule has 86 valence electrons. The van der Waals surface area contributed by atoms with Gasteiger partial charge in [0.2, 0.25) is 0 Å². The van der Waals surface area contributed by atoms with Gasteiger partial charge < -0.3 is 21.1 Å². The molecule has 0 saturated heterocycles. The summed E-state index contributed by atoms with van der Waals surface area (Å²) in [7, 11) is 0. The minimum atomic E-state index is -1.24. The van der Waals surface area contributed by atoms with Gasteiger partial charge in [0, 0.05) is 5.56 Å². The molecule has 2 atom stereocenters. The Hall–Kier alpha value is -1.61. The van der Waals surface area contributed by atoms with E-state index in [-0.39, 0.29) is 24.3 Å². The average Bonchev–Trinajstić information content (AvgIpc) is 2.29. The van der Waals surface area contributed by atoms with Gasteiger partial charge in [0.05, 0.1) is 17.7 Å². The lowest BCUT2D eigenvalue weighted by Crippen LogP contribution is -2.21. The number of aliphatic hydroxyl groups excluding tert-OH is 2. The molecule has 0 aliphatic carbocycles. The summed E-state index contributed by atoms with van der Waals surface area (Å²) < 4.78 is 0. The first-order valence-electron chi connectivity index (χ1n) is 4.89. The van der Waals surface area contributed by atoms with Crippen molar-refractivity contribution in [1.82, 2.24) is 0 Å². The molecule has 0 aliphatic rings. The van der Waals surface area contributed by atoms with Crippen LogP contribution in [-0.4, -0.2) is 28.0 Å². The van der Waals surface area contributed by atoms with Gasteiger partial charge in [0.1, 0.15) is 11.9 Å². The van der Waals surface area contributed by atoms with Crippen molar-refractivity contribution in [3.05, 3.63) is 29.3 Å².